The van der Waals surface area contributed by atoms with Crippen molar-refractivity contribution in [1.29, 1.82) is 0 Å². The molecule has 0 heterocycles. The van der Waals surface area contributed by atoms with Crippen LogP contribution in [-0.2, 0) is 4.79 Å². The van der Waals surface area contributed by atoms with Crippen LogP contribution < -0.4 is 5.32 Å². The number of thioether (sulfide) groups is 1. The first-order valence-electron chi connectivity index (χ1n) is 3.68. The van der Waals surface area contributed by atoms with Gasteiger partial charge < -0.3 is 5.32 Å². The molecule has 0 fully saturated rings. The zero-order chi connectivity index (χ0) is 11.5. The van der Waals surface area contributed by atoms with E-state index in [-0.39, 0.29) is 5.69 Å². The number of hydrogen-bond donors (Lipinski definition) is 1. The van der Waals surface area contributed by atoms with Crippen molar-refractivity contribution in [3.8, 4) is 0 Å². The first kappa shape index (κ1) is 12.9. The van der Waals surface area contributed by atoms with Gasteiger partial charge in [-0.15, -0.1) is 0 Å². The molecule has 0 aliphatic carbocycles. The highest BCUT2D eigenvalue weighted by Crippen LogP contribution is 2.43. The van der Waals surface area contributed by atoms with Gasteiger partial charge in [0.25, 0.3) is 0 Å². The third-order valence-corrected chi connectivity index (χ3v) is 2.80. The molecule has 0 unspecified atom stereocenters. The second-order valence-electron chi connectivity index (χ2n) is 2.45. The molecule has 1 amide bonds. The molecule has 0 aliphatic rings. The third kappa shape index (κ3) is 4.47. The van der Waals surface area contributed by atoms with Crippen LogP contribution >= 0.6 is 46.6 Å². The number of halogens is 4. The standard InChI is InChI=1S/C8H5Cl3FNOS/c9-8(10,11)15-5-1-2-7(13-4-14)6(12)3-5/h1-4H,(H,13,14). The predicted octanol–water partition coefficient (Wildman–Crippen LogP) is 3.81. The fourth-order valence-corrected chi connectivity index (χ4v) is 2.24. The average molecular weight is 289 g/mol. The maximum atomic E-state index is 13.2. The Bertz CT molecular complexity index is 369. The topological polar surface area (TPSA) is 29.1 Å². The Balaban J connectivity index is 2.86. The molecule has 0 saturated heterocycles. The lowest BCUT2D eigenvalue weighted by Gasteiger charge is -2.10. The van der Waals surface area contributed by atoms with E-state index in [4.69, 9.17) is 34.8 Å². The van der Waals surface area contributed by atoms with E-state index >= 15 is 0 Å². The highest BCUT2D eigenvalue weighted by Gasteiger charge is 2.21. The Morgan fingerprint density at radius 2 is 2.07 bits per heavy atom. The van der Waals surface area contributed by atoms with Gasteiger partial charge in [-0.1, -0.05) is 46.6 Å². The summed E-state index contributed by atoms with van der Waals surface area (Å²) in [5.41, 5.74) is 0.0821. The van der Waals surface area contributed by atoms with Crippen LogP contribution in [0.25, 0.3) is 0 Å². The molecule has 15 heavy (non-hydrogen) atoms. The zero-order valence-corrected chi connectivity index (χ0v) is 10.2. The monoisotopic (exact) mass is 287 g/mol. The number of alkyl halides is 3. The predicted molar refractivity (Wildman–Crippen MR) is 62.2 cm³/mol. The third-order valence-electron chi connectivity index (χ3n) is 1.39. The van der Waals surface area contributed by atoms with Crippen LogP contribution in [0.4, 0.5) is 10.1 Å². The number of amides is 1. The fraction of sp³-hybridized carbons (Fsp3) is 0.125. The van der Waals surface area contributed by atoms with E-state index in [1.807, 2.05) is 0 Å². The van der Waals surface area contributed by atoms with Crippen LogP contribution in [-0.4, -0.2) is 9.53 Å². The van der Waals surface area contributed by atoms with Gasteiger partial charge in [-0.25, -0.2) is 4.39 Å². The van der Waals surface area contributed by atoms with Gasteiger partial charge in [0.2, 0.25) is 9.53 Å². The van der Waals surface area contributed by atoms with Gasteiger partial charge in [0.15, 0.2) is 0 Å². The van der Waals surface area contributed by atoms with Crippen molar-refractivity contribution >= 4 is 58.7 Å². The van der Waals surface area contributed by atoms with Crippen LogP contribution in [0.5, 0.6) is 0 Å². The smallest absolute Gasteiger partial charge is 0.241 e. The molecule has 0 atom stereocenters. The van der Waals surface area contributed by atoms with Gasteiger partial charge in [-0.2, -0.15) is 0 Å². The number of carbonyl (C=O) groups is 1. The van der Waals surface area contributed by atoms with Gasteiger partial charge in [0.05, 0.1) is 5.69 Å². The molecule has 0 saturated carbocycles. The van der Waals surface area contributed by atoms with E-state index in [1.54, 1.807) is 6.07 Å². The fourth-order valence-electron chi connectivity index (χ4n) is 0.873. The number of benzene rings is 1. The lowest BCUT2D eigenvalue weighted by atomic mass is 10.3. The number of anilines is 1. The normalized spacial score (nSPS) is 11.2. The minimum atomic E-state index is -1.54. The van der Waals surface area contributed by atoms with Gasteiger partial charge in [-0.05, 0) is 18.2 Å². The van der Waals surface area contributed by atoms with E-state index in [2.05, 4.69) is 5.32 Å². The molecule has 1 aromatic rings. The van der Waals surface area contributed by atoms with Gasteiger partial charge in [-0.3, -0.25) is 4.79 Å². The highest BCUT2D eigenvalue weighted by molar-refractivity contribution is 8.04. The molecule has 2 nitrogen and oxygen atoms in total. The summed E-state index contributed by atoms with van der Waals surface area (Å²) in [5.74, 6) is -0.582. The van der Waals surface area contributed by atoms with Crippen LogP contribution in [0.2, 0.25) is 0 Å². The number of rotatable bonds is 3. The highest BCUT2D eigenvalue weighted by atomic mass is 35.6. The van der Waals surface area contributed by atoms with Crippen molar-refractivity contribution in [3.05, 3.63) is 24.0 Å². The summed E-state index contributed by atoms with van der Waals surface area (Å²) in [6, 6.07) is 4.11. The quantitative estimate of drug-likeness (QED) is 0.520. The molecule has 0 radical (unpaired) electrons. The van der Waals surface area contributed by atoms with Crippen LogP contribution in [0, 0.1) is 5.82 Å². The molecule has 82 valence electrons. The molecule has 1 aromatic carbocycles. The van der Waals surface area contributed by atoms with Gasteiger partial charge in [0, 0.05) is 4.90 Å². The second kappa shape index (κ2) is 5.25. The summed E-state index contributed by atoms with van der Waals surface area (Å²) in [6.07, 6.45) is 0.389. The van der Waals surface area contributed by atoms with E-state index in [0.717, 1.165) is 11.8 Å². The van der Waals surface area contributed by atoms with E-state index in [1.165, 1.54) is 12.1 Å². The first-order chi connectivity index (χ1) is 6.92. The Morgan fingerprint density at radius 1 is 1.40 bits per heavy atom. The summed E-state index contributed by atoms with van der Waals surface area (Å²) in [6.45, 7) is 0. The van der Waals surface area contributed by atoms with Crippen molar-refractivity contribution in [3.63, 3.8) is 0 Å². The number of nitrogens with one attached hydrogen (secondary N) is 1. The Hall–Kier alpha value is -0.160. The molecule has 0 aliphatic heterocycles. The largest absolute Gasteiger partial charge is 0.326 e. The lowest BCUT2D eigenvalue weighted by molar-refractivity contribution is -0.105. The molecule has 0 aromatic heterocycles. The Labute approximate surface area is 105 Å². The first-order valence-corrected chi connectivity index (χ1v) is 5.63. The van der Waals surface area contributed by atoms with Crippen molar-refractivity contribution in [2.24, 2.45) is 0 Å². The SMILES string of the molecule is O=CNc1ccc(SC(Cl)(Cl)Cl)cc1F. The van der Waals surface area contributed by atoms with Crippen molar-refractivity contribution in [1.82, 2.24) is 0 Å². The molecular weight excluding hydrogens is 284 g/mol. The van der Waals surface area contributed by atoms with E-state index in [9.17, 15) is 9.18 Å². The van der Waals surface area contributed by atoms with Crippen LogP contribution in [0.15, 0.2) is 23.1 Å². The summed E-state index contributed by atoms with van der Waals surface area (Å²) in [5, 5.41) is 2.20. The zero-order valence-electron chi connectivity index (χ0n) is 7.14. The number of carbonyl (C=O) groups excluding carboxylic acids is 1. The molecule has 0 bridgehead atoms. The maximum absolute atomic E-state index is 13.2. The molecule has 1 N–H and O–H groups in total. The molecule has 1 rings (SSSR count). The van der Waals surface area contributed by atoms with Crippen molar-refractivity contribution in [2.45, 2.75) is 8.02 Å². The minimum Gasteiger partial charge on any atom is -0.326 e. The molecular formula is C8H5Cl3FNOS. The van der Waals surface area contributed by atoms with E-state index < -0.39 is 8.94 Å². The minimum absolute atomic E-state index is 0.0821. The summed E-state index contributed by atoms with van der Waals surface area (Å²) < 4.78 is 11.7. The second-order valence-corrected chi connectivity index (χ2v) is 6.69. The van der Waals surface area contributed by atoms with Crippen LogP contribution in [0.3, 0.4) is 0 Å². The molecule has 7 heteroatoms. The maximum Gasteiger partial charge on any atom is 0.241 e. The summed E-state index contributed by atoms with van der Waals surface area (Å²) in [7, 11) is 0. The van der Waals surface area contributed by atoms with Gasteiger partial charge >= 0.3 is 0 Å². The van der Waals surface area contributed by atoms with Crippen LogP contribution in [0.1, 0.15) is 0 Å². The van der Waals surface area contributed by atoms with Crippen molar-refractivity contribution < 1.29 is 9.18 Å². The average Bonchev–Trinajstić information content (AvgIpc) is 2.07. The van der Waals surface area contributed by atoms with E-state index in [0.29, 0.717) is 11.3 Å². The van der Waals surface area contributed by atoms with Gasteiger partial charge in [0.1, 0.15) is 5.82 Å². The van der Waals surface area contributed by atoms with Crippen molar-refractivity contribution in [2.75, 3.05) is 5.32 Å². The Kier molecular flexibility index (Phi) is 4.52. The summed E-state index contributed by atoms with van der Waals surface area (Å²) >= 11 is 17.4. The molecule has 0 spiro atoms. The Morgan fingerprint density at radius 3 is 2.53 bits per heavy atom. The lowest BCUT2D eigenvalue weighted by Crippen LogP contribution is -1.98. The summed E-state index contributed by atoms with van der Waals surface area (Å²) in [4.78, 5) is 10.6. The number of hydrogen-bond acceptors (Lipinski definition) is 2.